The Morgan fingerprint density at radius 2 is 1.96 bits per heavy atom. The van der Waals surface area contributed by atoms with Crippen LogP contribution < -0.4 is 16.6 Å². The summed E-state index contributed by atoms with van der Waals surface area (Å²) in [4.78, 5) is 29.3. The van der Waals surface area contributed by atoms with Crippen molar-refractivity contribution in [2.75, 3.05) is 18.1 Å². The van der Waals surface area contributed by atoms with Crippen molar-refractivity contribution in [1.82, 2.24) is 9.55 Å². The minimum Gasteiger partial charge on any atom is -0.459 e. The number of esters is 1. The van der Waals surface area contributed by atoms with Gasteiger partial charge in [0.2, 0.25) is 0 Å². The fourth-order valence-corrected chi connectivity index (χ4v) is 3.02. The van der Waals surface area contributed by atoms with Crippen LogP contribution in [-0.2, 0) is 22.7 Å². The number of benzene rings is 2. The Balaban J connectivity index is 1.95. The van der Waals surface area contributed by atoms with Gasteiger partial charge in [0.05, 0.1) is 5.69 Å². The maximum absolute atomic E-state index is 12.8. The van der Waals surface area contributed by atoms with Crippen molar-refractivity contribution in [3.8, 4) is 11.3 Å². The van der Waals surface area contributed by atoms with Gasteiger partial charge in [0.15, 0.2) is 11.0 Å². The predicted molar refractivity (Wildman–Crippen MR) is 109 cm³/mol. The van der Waals surface area contributed by atoms with Gasteiger partial charge in [-0.25, -0.2) is 4.98 Å². The van der Waals surface area contributed by atoms with E-state index < -0.39 is 11.5 Å². The van der Waals surface area contributed by atoms with Gasteiger partial charge in [0.25, 0.3) is 5.56 Å². The lowest BCUT2D eigenvalue weighted by Crippen LogP contribution is -2.29. The summed E-state index contributed by atoms with van der Waals surface area (Å²) in [6.45, 7) is -0.202. The Morgan fingerprint density at radius 1 is 1.21 bits per heavy atom. The summed E-state index contributed by atoms with van der Waals surface area (Å²) in [5.41, 5.74) is 7.59. The van der Waals surface area contributed by atoms with Crippen molar-refractivity contribution in [1.29, 1.82) is 0 Å². The number of hydrogen-bond donors (Lipinski definition) is 2. The second-order valence-corrected chi connectivity index (χ2v) is 6.37. The van der Waals surface area contributed by atoms with Crippen LogP contribution in [0.25, 0.3) is 11.3 Å². The van der Waals surface area contributed by atoms with Gasteiger partial charge in [-0.15, -0.1) is 0 Å². The number of nitrogens with two attached hydrogens (primary N) is 1. The zero-order valence-electron chi connectivity index (χ0n) is 15.2. The molecule has 0 radical (unpaired) electrons. The maximum atomic E-state index is 12.8. The van der Waals surface area contributed by atoms with Gasteiger partial charge in [-0.2, -0.15) is 0 Å². The minimum absolute atomic E-state index is 0.0357. The van der Waals surface area contributed by atoms with Crippen LogP contribution in [0.2, 0.25) is 5.15 Å². The second kappa shape index (κ2) is 8.58. The number of nitrogens with one attached hydrogen (secondary N) is 1. The number of carbonyl (C=O) groups excluding carboxylic acids is 1. The Kier molecular flexibility index (Phi) is 5.96. The lowest BCUT2D eigenvalue weighted by molar-refractivity contribution is -0.145. The van der Waals surface area contributed by atoms with Crippen LogP contribution >= 0.6 is 11.6 Å². The SMILES string of the molecule is CNc1nc(Cl)c(-c2cccc(N)c2)n(CC(=O)OCc2ccccc2)c1=O. The van der Waals surface area contributed by atoms with Gasteiger partial charge in [-0.3, -0.25) is 14.2 Å². The Bertz CT molecular complexity index is 1050. The summed E-state index contributed by atoms with van der Waals surface area (Å²) in [6.07, 6.45) is 0. The van der Waals surface area contributed by atoms with E-state index in [1.165, 1.54) is 4.57 Å². The van der Waals surface area contributed by atoms with E-state index in [1.807, 2.05) is 30.3 Å². The summed E-state index contributed by atoms with van der Waals surface area (Å²) in [7, 11) is 1.55. The maximum Gasteiger partial charge on any atom is 0.326 e. The summed E-state index contributed by atoms with van der Waals surface area (Å²) in [5, 5.41) is 2.77. The van der Waals surface area contributed by atoms with Gasteiger partial charge in [0.1, 0.15) is 13.2 Å². The number of halogens is 1. The third kappa shape index (κ3) is 4.32. The lowest BCUT2D eigenvalue weighted by Gasteiger charge is -2.16. The summed E-state index contributed by atoms with van der Waals surface area (Å²) < 4.78 is 6.55. The molecular formula is C20H19ClN4O3. The molecule has 7 nitrogen and oxygen atoms in total. The standard InChI is InChI=1S/C20H19ClN4O3/c1-23-19-20(27)25(11-16(26)28-12-13-6-3-2-4-7-13)17(18(21)24-19)14-8-5-9-15(22)10-14/h2-10H,11-12,22H2,1H3,(H,23,24). The molecule has 0 saturated heterocycles. The highest BCUT2D eigenvalue weighted by Gasteiger charge is 2.19. The molecule has 8 heteroatoms. The quantitative estimate of drug-likeness (QED) is 0.489. The molecule has 0 unspecified atom stereocenters. The molecule has 0 atom stereocenters. The molecule has 1 heterocycles. The molecule has 3 rings (SSSR count). The molecule has 0 amide bonds. The third-order valence-electron chi connectivity index (χ3n) is 4.05. The molecule has 28 heavy (non-hydrogen) atoms. The first-order valence-corrected chi connectivity index (χ1v) is 8.91. The van der Waals surface area contributed by atoms with E-state index in [2.05, 4.69) is 10.3 Å². The fraction of sp³-hybridized carbons (Fsp3) is 0.150. The molecule has 0 saturated carbocycles. The average molecular weight is 399 g/mol. The van der Waals surface area contributed by atoms with Crippen molar-refractivity contribution in [3.05, 3.63) is 75.7 Å². The first-order chi connectivity index (χ1) is 13.5. The molecule has 0 aliphatic carbocycles. The summed E-state index contributed by atoms with van der Waals surface area (Å²) >= 11 is 6.32. The summed E-state index contributed by atoms with van der Waals surface area (Å²) in [6, 6.07) is 16.1. The molecule has 2 aromatic carbocycles. The van der Waals surface area contributed by atoms with Crippen LogP contribution in [0.3, 0.4) is 0 Å². The Labute approximate surface area is 166 Å². The predicted octanol–water partition coefficient (Wildman–Crippen LogP) is 2.93. The largest absolute Gasteiger partial charge is 0.459 e. The zero-order chi connectivity index (χ0) is 20.1. The van der Waals surface area contributed by atoms with E-state index in [0.717, 1.165) is 5.56 Å². The first-order valence-electron chi connectivity index (χ1n) is 8.53. The van der Waals surface area contributed by atoms with Gasteiger partial charge in [0, 0.05) is 18.3 Å². The van der Waals surface area contributed by atoms with Crippen LogP contribution in [0, 0.1) is 0 Å². The normalized spacial score (nSPS) is 10.5. The van der Waals surface area contributed by atoms with Crippen LogP contribution in [0.15, 0.2) is 59.4 Å². The van der Waals surface area contributed by atoms with E-state index in [9.17, 15) is 9.59 Å². The van der Waals surface area contributed by atoms with Gasteiger partial charge >= 0.3 is 5.97 Å². The number of rotatable bonds is 6. The van der Waals surface area contributed by atoms with E-state index in [-0.39, 0.29) is 24.1 Å². The number of carbonyl (C=O) groups is 1. The van der Waals surface area contributed by atoms with Crippen LogP contribution in [-0.4, -0.2) is 22.6 Å². The smallest absolute Gasteiger partial charge is 0.326 e. The van der Waals surface area contributed by atoms with Crippen molar-refractivity contribution in [3.63, 3.8) is 0 Å². The van der Waals surface area contributed by atoms with Crippen LogP contribution in [0.1, 0.15) is 5.56 Å². The molecule has 0 bridgehead atoms. The molecular weight excluding hydrogens is 380 g/mol. The number of aromatic nitrogens is 2. The Morgan fingerprint density at radius 3 is 2.64 bits per heavy atom. The van der Waals surface area contributed by atoms with Crippen LogP contribution in [0.4, 0.5) is 11.5 Å². The average Bonchev–Trinajstić information content (AvgIpc) is 2.69. The molecule has 1 aromatic heterocycles. The number of hydrogen-bond acceptors (Lipinski definition) is 6. The highest BCUT2D eigenvalue weighted by molar-refractivity contribution is 6.32. The monoisotopic (exact) mass is 398 g/mol. The minimum atomic E-state index is -0.569. The van der Waals surface area contributed by atoms with E-state index in [0.29, 0.717) is 16.9 Å². The van der Waals surface area contributed by atoms with Gasteiger partial charge in [-0.1, -0.05) is 54.1 Å². The molecule has 0 spiro atoms. The number of anilines is 2. The highest BCUT2D eigenvalue weighted by atomic mass is 35.5. The highest BCUT2D eigenvalue weighted by Crippen LogP contribution is 2.27. The van der Waals surface area contributed by atoms with Crippen molar-refractivity contribution >= 4 is 29.1 Å². The first kappa shape index (κ1) is 19.4. The van der Waals surface area contributed by atoms with Gasteiger partial charge < -0.3 is 15.8 Å². The summed E-state index contributed by atoms with van der Waals surface area (Å²) in [5.74, 6) is -0.533. The zero-order valence-corrected chi connectivity index (χ0v) is 15.9. The molecule has 3 aromatic rings. The van der Waals surface area contributed by atoms with Crippen LogP contribution in [0.5, 0.6) is 0 Å². The number of ether oxygens (including phenoxy) is 1. The van der Waals surface area contributed by atoms with E-state index >= 15 is 0 Å². The molecule has 0 aliphatic heterocycles. The van der Waals surface area contributed by atoms with E-state index in [1.54, 1.807) is 31.3 Å². The number of nitrogens with zero attached hydrogens (tertiary/aromatic N) is 2. The second-order valence-electron chi connectivity index (χ2n) is 6.01. The Hall–Kier alpha value is -3.32. The molecule has 0 fully saturated rings. The van der Waals surface area contributed by atoms with Crippen molar-refractivity contribution in [2.45, 2.75) is 13.2 Å². The van der Waals surface area contributed by atoms with Gasteiger partial charge in [-0.05, 0) is 17.7 Å². The molecule has 0 aliphatic rings. The van der Waals surface area contributed by atoms with Crippen molar-refractivity contribution in [2.24, 2.45) is 0 Å². The third-order valence-corrected chi connectivity index (χ3v) is 4.31. The fourth-order valence-electron chi connectivity index (χ4n) is 2.73. The van der Waals surface area contributed by atoms with E-state index in [4.69, 9.17) is 22.1 Å². The lowest BCUT2D eigenvalue weighted by atomic mass is 10.1. The number of nitrogen functional groups attached to an aromatic ring is 1. The topological polar surface area (TPSA) is 99.2 Å². The molecule has 144 valence electrons. The molecule has 3 N–H and O–H groups in total. The van der Waals surface area contributed by atoms with Crippen molar-refractivity contribution < 1.29 is 9.53 Å².